The number of nitrogens with one attached hydrogen (secondary N) is 2. The number of rotatable bonds is 3. The smallest absolute Gasteiger partial charge is 0.409 e. The highest BCUT2D eigenvalue weighted by molar-refractivity contribution is 5.88. The van der Waals surface area contributed by atoms with Gasteiger partial charge >= 0.3 is 6.09 Å². The highest BCUT2D eigenvalue weighted by Gasteiger charge is 2.18. The first kappa shape index (κ1) is 16.0. The molecule has 0 aromatic heterocycles. The molecule has 6 heteroatoms. The summed E-state index contributed by atoms with van der Waals surface area (Å²) in [6, 6.07) is 14.8. The molecule has 0 fully saturated rings. The third-order valence-electron chi connectivity index (χ3n) is 3.77. The number of nitrogens with zero attached hydrogens (tertiary/aromatic N) is 1. The third kappa shape index (κ3) is 4.11. The number of hydrogen-bond donors (Lipinski definition) is 2. The zero-order chi connectivity index (χ0) is 16.9. The van der Waals surface area contributed by atoms with Crippen LogP contribution in [0.2, 0.25) is 0 Å². The Kier molecular flexibility index (Phi) is 4.77. The van der Waals surface area contributed by atoms with E-state index < -0.39 is 6.09 Å². The molecule has 1 aliphatic rings. The molecule has 2 amide bonds. The van der Waals surface area contributed by atoms with Gasteiger partial charge in [0.05, 0.1) is 0 Å². The van der Waals surface area contributed by atoms with Crippen LogP contribution in [0.4, 0.5) is 10.5 Å². The van der Waals surface area contributed by atoms with Crippen molar-refractivity contribution in [2.24, 2.45) is 0 Å². The summed E-state index contributed by atoms with van der Waals surface area (Å²) < 4.78 is 5.26. The highest BCUT2D eigenvalue weighted by atomic mass is 16.6. The lowest BCUT2D eigenvalue weighted by atomic mass is 10.0. The minimum Gasteiger partial charge on any atom is -0.409 e. The average molecular weight is 325 g/mol. The number of ether oxygens (including phenoxy) is 1. The van der Waals surface area contributed by atoms with E-state index in [-0.39, 0.29) is 5.91 Å². The van der Waals surface area contributed by atoms with Crippen LogP contribution in [0.3, 0.4) is 0 Å². The van der Waals surface area contributed by atoms with Crippen molar-refractivity contribution in [3.63, 3.8) is 0 Å². The Morgan fingerprint density at radius 1 is 1.04 bits per heavy atom. The Morgan fingerprint density at radius 2 is 1.75 bits per heavy atom. The molecule has 6 nitrogen and oxygen atoms in total. The van der Waals surface area contributed by atoms with Crippen molar-refractivity contribution < 1.29 is 14.3 Å². The Labute approximate surface area is 140 Å². The molecule has 0 aliphatic carbocycles. The number of hydrogen-bond acceptors (Lipinski definition) is 4. The molecule has 2 N–H and O–H groups in total. The van der Waals surface area contributed by atoms with Crippen molar-refractivity contribution in [2.45, 2.75) is 19.9 Å². The third-order valence-corrected chi connectivity index (χ3v) is 3.77. The molecule has 0 saturated heterocycles. The van der Waals surface area contributed by atoms with Gasteiger partial charge in [-0.05, 0) is 41.8 Å². The minimum atomic E-state index is -0.526. The molecule has 124 valence electrons. The maximum Gasteiger partial charge on any atom is 0.427 e. The van der Waals surface area contributed by atoms with Gasteiger partial charge in [-0.25, -0.2) is 9.80 Å². The lowest BCUT2D eigenvalue weighted by Gasteiger charge is -2.28. The summed E-state index contributed by atoms with van der Waals surface area (Å²) in [5.41, 5.74) is 5.94. The van der Waals surface area contributed by atoms with Crippen molar-refractivity contribution in [2.75, 3.05) is 11.9 Å². The molecule has 24 heavy (non-hydrogen) atoms. The molecule has 1 heterocycles. The van der Waals surface area contributed by atoms with Gasteiger partial charge in [0.1, 0.15) is 5.75 Å². The first-order valence-electron chi connectivity index (χ1n) is 7.78. The van der Waals surface area contributed by atoms with Crippen LogP contribution >= 0.6 is 0 Å². The van der Waals surface area contributed by atoms with E-state index in [1.807, 2.05) is 17.1 Å². The second-order valence-electron chi connectivity index (χ2n) is 5.65. The molecular weight excluding hydrogens is 306 g/mol. The van der Waals surface area contributed by atoms with Crippen molar-refractivity contribution in [1.29, 1.82) is 0 Å². The fourth-order valence-electron chi connectivity index (χ4n) is 2.66. The monoisotopic (exact) mass is 325 g/mol. The summed E-state index contributed by atoms with van der Waals surface area (Å²) in [7, 11) is 0. The summed E-state index contributed by atoms with van der Waals surface area (Å²) >= 11 is 0. The molecule has 0 saturated carbocycles. The SMILES string of the molecule is CC(=O)Nc1ccc(OC(=O)NN2CCc3ccccc3C2)cc1. The van der Waals surface area contributed by atoms with Gasteiger partial charge in [0.2, 0.25) is 5.91 Å². The lowest BCUT2D eigenvalue weighted by molar-refractivity contribution is -0.114. The van der Waals surface area contributed by atoms with Gasteiger partial charge in [-0.3, -0.25) is 10.2 Å². The van der Waals surface area contributed by atoms with E-state index in [9.17, 15) is 9.59 Å². The zero-order valence-corrected chi connectivity index (χ0v) is 13.4. The van der Waals surface area contributed by atoms with Crippen LogP contribution in [0.5, 0.6) is 5.75 Å². The number of carbonyl (C=O) groups excluding carboxylic acids is 2. The molecule has 2 aromatic carbocycles. The van der Waals surface area contributed by atoms with Gasteiger partial charge in [0.15, 0.2) is 0 Å². The average Bonchev–Trinajstić information content (AvgIpc) is 2.56. The number of carbonyl (C=O) groups is 2. The van der Waals surface area contributed by atoms with E-state index in [4.69, 9.17) is 4.74 Å². The minimum absolute atomic E-state index is 0.146. The van der Waals surface area contributed by atoms with E-state index in [0.29, 0.717) is 18.0 Å². The first-order chi connectivity index (χ1) is 11.6. The first-order valence-corrected chi connectivity index (χ1v) is 7.78. The van der Waals surface area contributed by atoms with Crippen LogP contribution in [0.25, 0.3) is 0 Å². The number of anilines is 1. The maximum absolute atomic E-state index is 12.0. The van der Waals surface area contributed by atoms with Crippen molar-refractivity contribution >= 4 is 17.7 Å². The van der Waals surface area contributed by atoms with Crippen molar-refractivity contribution in [3.8, 4) is 5.75 Å². The Bertz CT molecular complexity index is 743. The second kappa shape index (κ2) is 7.14. The Hall–Kier alpha value is -2.86. The number of hydrazine groups is 1. The lowest BCUT2D eigenvalue weighted by Crippen LogP contribution is -2.46. The zero-order valence-electron chi connectivity index (χ0n) is 13.4. The van der Waals surface area contributed by atoms with Gasteiger partial charge in [0.25, 0.3) is 0 Å². The van der Waals surface area contributed by atoms with Gasteiger partial charge in [-0.15, -0.1) is 0 Å². The van der Waals surface area contributed by atoms with Gasteiger partial charge in [-0.1, -0.05) is 24.3 Å². The molecule has 0 radical (unpaired) electrons. The molecule has 0 spiro atoms. The summed E-state index contributed by atoms with van der Waals surface area (Å²) in [5.74, 6) is 0.269. The Morgan fingerprint density at radius 3 is 2.46 bits per heavy atom. The quantitative estimate of drug-likeness (QED) is 0.910. The van der Waals surface area contributed by atoms with E-state index in [2.05, 4.69) is 22.9 Å². The topological polar surface area (TPSA) is 70.7 Å². The van der Waals surface area contributed by atoms with Crippen LogP contribution in [0.15, 0.2) is 48.5 Å². The normalized spacial score (nSPS) is 13.7. The van der Waals surface area contributed by atoms with E-state index in [1.54, 1.807) is 24.3 Å². The molecule has 0 atom stereocenters. The standard InChI is InChI=1S/C18H19N3O3/c1-13(22)19-16-6-8-17(9-7-16)24-18(23)20-21-11-10-14-4-2-3-5-15(14)12-21/h2-9H,10-12H2,1H3,(H,19,22)(H,20,23). The maximum atomic E-state index is 12.0. The summed E-state index contributed by atoms with van der Waals surface area (Å²) in [5, 5.41) is 4.50. The largest absolute Gasteiger partial charge is 0.427 e. The van der Waals surface area contributed by atoms with Gasteiger partial charge in [-0.2, -0.15) is 0 Å². The van der Waals surface area contributed by atoms with Crippen LogP contribution in [-0.4, -0.2) is 23.6 Å². The molecule has 0 bridgehead atoms. The molecule has 0 unspecified atom stereocenters. The van der Waals surface area contributed by atoms with E-state index in [1.165, 1.54) is 18.1 Å². The molecular formula is C18H19N3O3. The van der Waals surface area contributed by atoms with Crippen molar-refractivity contribution in [1.82, 2.24) is 10.4 Å². The number of fused-ring (bicyclic) bond motifs is 1. The summed E-state index contributed by atoms with van der Waals surface area (Å²) in [6.45, 7) is 2.84. The molecule has 2 aromatic rings. The predicted molar refractivity (Wildman–Crippen MR) is 90.5 cm³/mol. The second-order valence-corrected chi connectivity index (χ2v) is 5.65. The van der Waals surface area contributed by atoms with Gasteiger partial charge < -0.3 is 10.1 Å². The van der Waals surface area contributed by atoms with Crippen LogP contribution in [-0.2, 0) is 17.8 Å². The van der Waals surface area contributed by atoms with E-state index >= 15 is 0 Å². The number of benzene rings is 2. The molecule has 3 rings (SSSR count). The fourth-order valence-corrected chi connectivity index (χ4v) is 2.66. The van der Waals surface area contributed by atoms with Gasteiger partial charge in [0, 0.05) is 25.7 Å². The van der Waals surface area contributed by atoms with Crippen LogP contribution < -0.4 is 15.5 Å². The highest BCUT2D eigenvalue weighted by Crippen LogP contribution is 2.18. The predicted octanol–water partition coefficient (Wildman–Crippen LogP) is 2.71. The Balaban J connectivity index is 1.53. The fraction of sp³-hybridized carbons (Fsp3) is 0.222. The van der Waals surface area contributed by atoms with Crippen LogP contribution in [0, 0.1) is 0 Å². The van der Waals surface area contributed by atoms with Crippen LogP contribution in [0.1, 0.15) is 18.1 Å². The number of amides is 2. The van der Waals surface area contributed by atoms with Crippen molar-refractivity contribution in [3.05, 3.63) is 59.7 Å². The van der Waals surface area contributed by atoms with E-state index in [0.717, 1.165) is 13.0 Å². The summed E-state index contributed by atoms with van der Waals surface area (Å²) in [6.07, 6.45) is 0.364. The molecule has 1 aliphatic heterocycles. The summed E-state index contributed by atoms with van der Waals surface area (Å²) in [4.78, 5) is 23.0.